The van der Waals surface area contributed by atoms with Gasteiger partial charge < -0.3 is 25.0 Å². The molecule has 186 valence electrons. The Morgan fingerprint density at radius 2 is 1.70 bits per heavy atom. The largest absolute Gasteiger partial charge is 0.510 e. The Kier molecular flexibility index (Phi) is 5.96. The lowest BCUT2D eigenvalue weighted by Crippen LogP contribution is -2.21. The number of fused-ring (bicyclic) bond motifs is 1. The number of aryl methyl sites for hydroxylation is 1. The van der Waals surface area contributed by atoms with Crippen LogP contribution < -0.4 is 10.6 Å². The summed E-state index contributed by atoms with van der Waals surface area (Å²) in [5.41, 5.74) is 5.18. The number of hydrogen-bond acceptors (Lipinski definition) is 5. The standard InChI is InChI=1S/C28H25N5O4/c1-16-13-33-14-20(17-7-9-18(10-8-17)24-23(34)15-32(3)28(24)37)12-22(33)25(30-16)27(36)31-21-6-4-5-19(11-21)26(35)29-2/h4-14,34H,15H2,1-3H3,(H,29,35)(H,31,36). The number of likely N-dealkylation sites (N-methyl/N-ethyl adjacent to an activating group) is 1. The Hall–Kier alpha value is -4.92. The summed E-state index contributed by atoms with van der Waals surface area (Å²) in [4.78, 5) is 43.5. The van der Waals surface area contributed by atoms with Gasteiger partial charge in [0.25, 0.3) is 17.7 Å². The third kappa shape index (κ3) is 4.42. The van der Waals surface area contributed by atoms with Crippen LogP contribution in [-0.2, 0) is 4.79 Å². The summed E-state index contributed by atoms with van der Waals surface area (Å²) in [7, 11) is 3.20. The van der Waals surface area contributed by atoms with Crippen molar-refractivity contribution >= 4 is 34.5 Å². The molecule has 0 saturated carbocycles. The molecule has 0 saturated heterocycles. The van der Waals surface area contributed by atoms with Gasteiger partial charge in [-0.3, -0.25) is 14.4 Å². The number of hydrogen-bond donors (Lipinski definition) is 3. The Labute approximate surface area is 213 Å². The van der Waals surface area contributed by atoms with Crippen LogP contribution in [0.1, 0.15) is 32.1 Å². The number of nitrogens with one attached hydrogen (secondary N) is 2. The maximum absolute atomic E-state index is 13.2. The number of amides is 3. The fourth-order valence-corrected chi connectivity index (χ4v) is 4.45. The first-order valence-corrected chi connectivity index (χ1v) is 11.7. The maximum Gasteiger partial charge on any atom is 0.276 e. The highest BCUT2D eigenvalue weighted by molar-refractivity contribution is 6.22. The molecule has 3 heterocycles. The van der Waals surface area contributed by atoms with Gasteiger partial charge >= 0.3 is 0 Å². The van der Waals surface area contributed by atoms with E-state index < -0.39 is 5.91 Å². The molecule has 9 nitrogen and oxygen atoms in total. The monoisotopic (exact) mass is 495 g/mol. The number of nitrogens with zero attached hydrogens (tertiary/aromatic N) is 3. The van der Waals surface area contributed by atoms with E-state index in [0.717, 1.165) is 11.1 Å². The van der Waals surface area contributed by atoms with Crippen LogP contribution in [-0.4, -0.2) is 57.8 Å². The summed E-state index contributed by atoms with van der Waals surface area (Å²) in [6, 6.07) is 15.9. The first-order valence-electron chi connectivity index (χ1n) is 11.7. The van der Waals surface area contributed by atoms with Gasteiger partial charge in [-0.25, -0.2) is 4.98 Å². The summed E-state index contributed by atoms with van der Waals surface area (Å²) in [6.45, 7) is 2.01. The molecule has 0 fully saturated rings. The van der Waals surface area contributed by atoms with Gasteiger partial charge in [0.05, 0.1) is 23.3 Å². The smallest absolute Gasteiger partial charge is 0.276 e. The third-order valence-electron chi connectivity index (χ3n) is 6.27. The molecular weight excluding hydrogens is 470 g/mol. The van der Waals surface area contributed by atoms with Crippen molar-refractivity contribution in [2.45, 2.75) is 6.92 Å². The number of anilines is 1. The van der Waals surface area contributed by atoms with E-state index in [1.54, 1.807) is 50.5 Å². The lowest BCUT2D eigenvalue weighted by molar-refractivity contribution is -0.122. The van der Waals surface area contributed by atoms with E-state index in [4.69, 9.17) is 0 Å². The molecule has 2 aromatic carbocycles. The summed E-state index contributed by atoms with van der Waals surface area (Å²) in [5, 5.41) is 15.6. The summed E-state index contributed by atoms with van der Waals surface area (Å²) in [6.07, 6.45) is 3.75. The van der Waals surface area contributed by atoms with Crippen molar-refractivity contribution in [3.63, 3.8) is 0 Å². The quantitative estimate of drug-likeness (QED) is 0.391. The highest BCUT2D eigenvalue weighted by Gasteiger charge is 2.28. The molecular formula is C28H25N5O4. The van der Waals surface area contributed by atoms with Crippen molar-refractivity contribution in [2.24, 2.45) is 0 Å². The molecule has 0 aliphatic carbocycles. The minimum Gasteiger partial charge on any atom is -0.510 e. The van der Waals surface area contributed by atoms with E-state index in [1.807, 2.05) is 41.9 Å². The average Bonchev–Trinajstić information content (AvgIpc) is 3.42. The summed E-state index contributed by atoms with van der Waals surface area (Å²) >= 11 is 0. The lowest BCUT2D eigenvalue weighted by atomic mass is 10.0. The van der Waals surface area contributed by atoms with Gasteiger partial charge in [-0.2, -0.15) is 0 Å². The molecule has 9 heteroatoms. The van der Waals surface area contributed by atoms with Crippen molar-refractivity contribution in [3.05, 3.63) is 95.3 Å². The molecule has 0 spiro atoms. The van der Waals surface area contributed by atoms with Gasteiger partial charge in [-0.05, 0) is 42.3 Å². The zero-order valence-electron chi connectivity index (χ0n) is 20.6. The van der Waals surface area contributed by atoms with E-state index in [-0.39, 0.29) is 29.8 Å². The molecule has 1 aliphatic heterocycles. The van der Waals surface area contributed by atoms with Crippen molar-refractivity contribution in [1.82, 2.24) is 19.6 Å². The molecule has 1 aliphatic rings. The van der Waals surface area contributed by atoms with Crippen molar-refractivity contribution in [1.29, 1.82) is 0 Å². The minimum atomic E-state index is -0.394. The van der Waals surface area contributed by atoms with E-state index in [9.17, 15) is 19.5 Å². The SMILES string of the molecule is CNC(=O)c1cccc(NC(=O)c2nc(C)cn3cc(-c4ccc(C5=C(O)CN(C)C5=O)cc4)cc23)c1. The van der Waals surface area contributed by atoms with Gasteiger partial charge in [0, 0.05) is 43.3 Å². The molecule has 4 aromatic rings. The van der Waals surface area contributed by atoms with Gasteiger partial charge in [-0.1, -0.05) is 30.3 Å². The van der Waals surface area contributed by atoms with E-state index in [0.29, 0.717) is 33.6 Å². The predicted molar refractivity (Wildman–Crippen MR) is 140 cm³/mol. The molecule has 3 amide bonds. The number of carbonyl (C=O) groups excluding carboxylic acids is 3. The van der Waals surface area contributed by atoms with E-state index in [1.165, 1.54) is 4.90 Å². The van der Waals surface area contributed by atoms with Crippen LogP contribution in [0.4, 0.5) is 5.69 Å². The zero-order valence-corrected chi connectivity index (χ0v) is 20.6. The maximum atomic E-state index is 13.2. The molecule has 37 heavy (non-hydrogen) atoms. The second-order valence-corrected chi connectivity index (χ2v) is 8.93. The fraction of sp³-hybridized carbons (Fsp3) is 0.143. The number of carbonyl (C=O) groups is 3. The second-order valence-electron chi connectivity index (χ2n) is 8.93. The normalized spacial score (nSPS) is 13.4. The molecule has 0 bridgehead atoms. The summed E-state index contributed by atoms with van der Waals surface area (Å²) in [5.74, 6) is -0.787. The Balaban J connectivity index is 1.46. The lowest BCUT2D eigenvalue weighted by Gasteiger charge is -2.09. The minimum absolute atomic E-state index is 0.0629. The van der Waals surface area contributed by atoms with Crippen molar-refractivity contribution in [2.75, 3.05) is 26.0 Å². The first kappa shape index (κ1) is 23.8. The third-order valence-corrected chi connectivity index (χ3v) is 6.27. The number of aliphatic hydroxyl groups is 1. The number of benzene rings is 2. The zero-order chi connectivity index (χ0) is 26.3. The van der Waals surface area contributed by atoms with Gasteiger partial charge in [0.1, 0.15) is 5.76 Å². The van der Waals surface area contributed by atoms with Crippen LogP contribution in [0.3, 0.4) is 0 Å². The van der Waals surface area contributed by atoms with Crippen molar-refractivity contribution in [3.8, 4) is 11.1 Å². The van der Waals surface area contributed by atoms with Gasteiger partial charge in [0.15, 0.2) is 5.69 Å². The topological polar surface area (TPSA) is 116 Å². The van der Waals surface area contributed by atoms with Crippen LogP contribution >= 0.6 is 0 Å². The Morgan fingerprint density at radius 1 is 0.973 bits per heavy atom. The van der Waals surface area contributed by atoms with Gasteiger partial charge in [-0.15, -0.1) is 0 Å². The highest BCUT2D eigenvalue weighted by Crippen LogP contribution is 2.30. The molecule has 3 N–H and O–H groups in total. The van der Waals surface area contributed by atoms with Crippen LogP contribution in [0.2, 0.25) is 0 Å². The molecule has 5 rings (SSSR count). The van der Waals surface area contributed by atoms with E-state index in [2.05, 4.69) is 15.6 Å². The van der Waals surface area contributed by atoms with Crippen LogP contribution in [0, 0.1) is 6.92 Å². The Bertz CT molecular complexity index is 1600. The number of aliphatic hydroxyl groups excluding tert-OH is 1. The first-order chi connectivity index (χ1) is 17.7. The Morgan fingerprint density at radius 3 is 2.38 bits per heavy atom. The molecule has 0 unspecified atom stereocenters. The van der Waals surface area contributed by atoms with Crippen LogP contribution in [0.5, 0.6) is 0 Å². The highest BCUT2D eigenvalue weighted by atomic mass is 16.3. The molecule has 2 aromatic heterocycles. The molecule has 0 radical (unpaired) electrons. The number of aromatic nitrogens is 2. The summed E-state index contributed by atoms with van der Waals surface area (Å²) < 4.78 is 1.85. The van der Waals surface area contributed by atoms with E-state index >= 15 is 0 Å². The predicted octanol–water partition coefficient (Wildman–Crippen LogP) is 3.66. The van der Waals surface area contributed by atoms with Crippen LogP contribution in [0.25, 0.3) is 22.2 Å². The van der Waals surface area contributed by atoms with Crippen LogP contribution in [0.15, 0.2) is 72.8 Å². The second kappa shape index (κ2) is 9.27. The van der Waals surface area contributed by atoms with Crippen molar-refractivity contribution < 1.29 is 19.5 Å². The number of rotatable bonds is 5. The fourth-order valence-electron chi connectivity index (χ4n) is 4.45. The van der Waals surface area contributed by atoms with Gasteiger partial charge in [0.2, 0.25) is 0 Å². The average molecular weight is 496 g/mol. The molecule has 0 atom stereocenters.